The maximum Gasteiger partial charge on any atom is 0.373 e. The third-order valence-electron chi connectivity index (χ3n) is 4.20. The van der Waals surface area contributed by atoms with E-state index < -0.39 is 5.97 Å². The van der Waals surface area contributed by atoms with Crippen LogP contribution in [-0.2, 0) is 4.74 Å². The van der Waals surface area contributed by atoms with Crippen molar-refractivity contribution in [2.24, 2.45) is 0 Å². The summed E-state index contributed by atoms with van der Waals surface area (Å²) in [6.07, 6.45) is 0. The molecule has 3 aromatic rings. The number of benzene rings is 2. The molecule has 1 aliphatic rings. The van der Waals surface area contributed by atoms with Crippen molar-refractivity contribution >= 4 is 23.5 Å². The molecule has 1 aromatic heterocycles. The maximum absolute atomic E-state index is 12.5. The molecule has 0 bridgehead atoms. The van der Waals surface area contributed by atoms with E-state index in [1.165, 1.54) is 13.2 Å². The minimum atomic E-state index is -0.557. The number of carbonyl (C=O) groups is 3. The predicted octanol–water partition coefficient (Wildman–Crippen LogP) is 3.53. The molecule has 0 unspecified atom stereocenters. The topological polar surface area (TPSA) is 76.8 Å². The van der Waals surface area contributed by atoms with Crippen molar-refractivity contribution in [2.75, 3.05) is 12.0 Å². The second kappa shape index (κ2) is 6.00. The van der Waals surface area contributed by atoms with Gasteiger partial charge in [-0.15, -0.1) is 0 Å². The van der Waals surface area contributed by atoms with Gasteiger partial charge < -0.3 is 9.15 Å². The fourth-order valence-electron chi connectivity index (χ4n) is 2.90. The zero-order valence-electron chi connectivity index (χ0n) is 13.8. The molecule has 0 N–H and O–H groups in total. The first-order valence-corrected chi connectivity index (χ1v) is 7.86. The van der Waals surface area contributed by atoms with Crippen molar-refractivity contribution in [3.8, 4) is 11.3 Å². The Bertz CT molecular complexity index is 997. The number of nitrogens with zero attached hydrogens (tertiary/aromatic N) is 1. The summed E-state index contributed by atoms with van der Waals surface area (Å²) in [7, 11) is 1.28. The van der Waals surface area contributed by atoms with Crippen LogP contribution < -0.4 is 4.90 Å². The number of esters is 1. The highest BCUT2D eigenvalue weighted by molar-refractivity contribution is 6.34. The summed E-state index contributed by atoms with van der Waals surface area (Å²) in [6, 6.07) is 16.7. The quantitative estimate of drug-likeness (QED) is 0.535. The van der Waals surface area contributed by atoms with Crippen molar-refractivity contribution < 1.29 is 23.5 Å². The molecule has 6 heteroatoms. The van der Waals surface area contributed by atoms with E-state index in [0.29, 0.717) is 28.1 Å². The molecule has 0 saturated carbocycles. The van der Waals surface area contributed by atoms with Gasteiger partial charge in [-0.3, -0.25) is 9.59 Å². The van der Waals surface area contributed by atoms with E-state index in [-0.39, 0.29) is 17.6 Å². The average Bonchev–Trinajstić information content (AvgIpc) is 3.26. The third kappa shape index (κ3) is 2.39. The second-order valence-electron chi connectivity index (χ2n) is 5.69. The molecule has 2 heterocycles. The predicted molar refractivity (Wildman–Crippen MR) is 93.1 cm³/mol. The Labute approximate surface area is 148 Å². The molecule has 0 radical (unpaired) electrons. The standard InChI is InChI=1S/C20H13NO5/c1-25-20(24)17-11-10-16(26-17)12-6-8-13(9-7-12)21-18(22)14-4-2-3-5-15(14)19(21)23/h2-11H,1H3. The maximum atomic E-state index is 12.5. The SMILES string of the molecule is COC(=O)c1ccc(-c2ccc(N3C(=O)c4ccccc4C3=O)cc2)o1. The molecule has 0 saturated heterocycles. The smallest absolute Gasteiger partial charge is 0.373 e. The molecule has 2 amide bonds. The van der Waals surface area contributed by atoms with E-state index in [2.05, 4.69) is 4.74 Å². The van der Waals surface area contributed by atoms with Crippen LogP contribution in [0.4, 0.5) is 5.69 Å². The van der Waals surface area contributed by atoms with Gasteiger partial charge in [0.05, 0.1) is 23.9 Å². The fourth-order valence-corrected chi connectivity index (χ4v) is 2.90. The molecule has 0 atom stereocenters. The van der Waals surface area contributed by atoms with Gasteiger partial charge in [0.15, 0.2) is 0 Å². The Morgan fingerprint density at radius 3 is 2.08 bits per heavy atom. The highest BCUT2D eigenvalue weighted by Gasteiger charge is 2.36. The second-order valence-corrected chi connectivity index (χ2v) is 5.69. The van der Waals surface area contributed by atoms with Crippen LogP contribution in [0.2, 0.25) is 0 Å². The molecule has 0 spiro atoms. The van der Waals surface area contributed by atoms with E-state index >= 15 is 0 Å². The number of rotatable bonds is 3. The van der Waals surface area contributed by atoms with Gasteiger partial charge in [0.25, 0.3) is 11.8 Å². The molecule has 0 fully saturated rings. The first-order valence-electron chi connectivity index (χ1n) is 7.86. The molecule has 1 aliphatic heterocycles. The number of hydrogen-bond acceptors (Lipinski definition) is 5. The molecule has 4 rings (SSSR count). The van der Waals surface area contributed by atoms with Crippen LogP contribution in [-0.4, -0.2) is 24.9 Å². The van der Waals surface area contributed by atoms with E-state index in [0.717, 1.165) is 4.90 Å². The number of furan rings is 1. The van der Waals surface area contributed by atoms with E-state index in [1.54, 1.807) is 54.6 Å². The van der Waals surface area contributed by atoms with Crippen LogP contribution in [0.3, 0.4) is 0 Å². The zero-order valence-corrected chi connectivity index (χ0v) is 13.8. The summed E-state index contributed by atoms with van der Waals surface area (Å²) in [5.41, 5.74) is 1.98. The minimum absolute atomic E-state index is 0.104. The number of carbonyl (C=O) groups excluding carboxylic acids is 3. The number of amides is 2. The first kappa shape index (κ1) is 15.8. The molecule has 6 nitrogen and oxygen atoms in total. The van der Waals surface area contributed by atoms with Crippen LogP contribution in [0.25, 0.3) is 11.3 Å². The van der Waals surface area contributed by atoms with Crippen molar-refractivity contribution in [2.45, 2.75) is 0 Å². The molecule has 128 valence electrons. The Morgan fingerprint density at radius 2 is 1.50 bits per heavy atom. The first-order chi connectivity index (χ1) is 12.6. The van der Waals surface area contributed by atoms with Gasteiger partial charge in [0, 0.05) is 5.56 Å². The number of imide groups is 1. The number of ether oxygens (including phenoxy) is 1. The van der Waals surface area contributed by atoms with Gasteiger partial charge in [0.2, 0.25) is 5.76 Å². The Hall–Kier alpha value is -3.67. The molecule has 0 aliphatic carbocycles. The lowest BCUT2D eigenvalue weighted by molar-refractivity contribution is 0.0566. The lowest BCUT2D eigenvalue weighted by Gasteiger charge is -2.14. The van der Waals surface area contributed by atoms with E-state index in [9.17, 15) is 14.4 Å². The van der Waals surface area contributed by atoms with Crippen molar-refractivity contribution in [3.63, 3.8) is 0 Å². The van der Waals surface area contributed by atoms with Crippen LogP contribution in [0.5, 0.6) is 0 Å². The number of anilines is 1. The molecular formula is C20H13NO5. The summed E-state index contributed by atoms with van der Waals surface area (Å²) in [5.74, 6) is -0.654. The highest BCUT2D eigenvalue weighted by Crippen LogP contribution is 2.30. The molecule has 2 aromatic carbocycles. The summed E-state index contributed by atoms with van der Waals surface area (Å²) < 4.78 is 10.1. The van der Waals surface area contributed by atoms with Crippen LogP contribution in [0, 0.1) is 0 Å². The van der Waals surface area contributed by atoms with Crippen LogP contribution in [0.1, 0.15) is 31.3 Å². The largest absolute Gasteiger partial charge is 0.463 e. The van der Waals surface area contributed by atoms with Crippen LogP contribution in [0.15, 0.2) is 65.1 Å². The van der Waals surface area contributed by atoms with Crippen molar-refractivity contribution in [3.05, 3.63) is 77.6 Å². The summed E-state index contributed by atoms with van der Waals surface area (Å²) in [5, 5.41) is 0. The third-order valence-corrected chi connectivity index (χ3v) is 4.20. The number of methoxy groups -OCH3 is 1. The van der Waals surface area contributed by atoms with Crippen molar-refractivity contribution in [1.82, 2.24) is 0 Å². The zero-order chi connectivity index (χ0) is 18.3. The summed E-state index contributed by atoms with van der Waals surface area (Å²) >= 11 is 0. The van der Waals surface area contributed by atoms with Crippen molar-refractivity contribution in [1.29, 1.82) is 0 Å². The lowest BCUT2D eigenvalue weighted by atomic mass is 10.1. The fraction of sp³-hybridized carbons (Fsp3) is 0.0500. The number of hydrogen-bond donors (Lipinski definition) is 0. The van der Waals surface area contributed by atoms with Gasteiger partial charge in [-0.25, -0.2) is 9.69 Å². The van der Waals surface area contributed by atoms with Gasteiger partial charge in [-0.2, -0.15) is 0 Å². The van der Waals surface area contributed by atoms with Gasteiger partial charge in [0.1, 0.15) is 5.76 Å². The lowest BCUT2D eigenvalue weighted by Crippen LogP contribution is -2.29. The Kier molecular flexibility index (Phi) is 3.65. The normalized spacial score (nSPS) is 13.0. The summed E-state index contributed by atoms with van der Waals surface area (Å²) in [4.78, 5) is 37.6. The molecule has 26 heavy (non-hydrogen) atoms. The average molecular weight is 347 g/mol. The van der Waals surface area contributed by atoms with E-state index in [1.807, 2.05) is 0 Å². The molecular weight excluding hydrogens is 334 g/mol. The summed E-state index contributed by atoms with van der Waals surface area (Å²) in [6.45, 7) is 0. The monoisotopic (exact) mass is 347 g/mol. The van der Waals surface area contributed by atoms with Crippen LogP contribution >= 0.6 is 0 Å². The van der Waals surface area contributed by atoms with Gasteiger partial charge >= 0.3 is 5.97 Å². The highest BCUT2D eigenvalue weighted by atomic mass is 16.5. The van der Waals surface area contributed by atoms with Gasteiger partial charge in [-0.05, 0) is 48.5 Å². The minimum Gasteiger partial charge on any atom is -0.463 e. The van der Waals surface area contributed by atoms with Gasteiger partial charge in [-0.1, -0.05) is 12.1 Å². The number of fused-ring (bicyclic) bond motifs is 1. The Morgan fingerprint density at radius 1 is 0.885 bits per heavy atom. The Balaban J connectivity index is 1.63. The van der Waals surface area contributed by atoms with E-state index in [4.69, 9.17) is 4.42 Å².